The number of nitrogens with one attached hydrogen (secondary N) is 1. The molecule has 4 N–H and O–H groups in total. The average Bonchev–Trinajstić information content (AvgIpc) is 3.36. The van der Waals surface area contributed by atoms with Gasteiger partial charge in [-0.3, -0.25) is 5.10 Å². The minimum atomic E-state index is -0.229. The highest BCUT2D eigenvalue weighted by Gasteiger charge is 2.45. The highest BCUT2D eigenvalue weighted by Crippen LogP contribution is 2.43. The van der Waals surface area contributed by atoms with Crippen molar-refractivity contribution in [1.82, 2.24) is 30.1 Å². The Balaban J connectivity index is 1.47. The molecule has 0 radical (unpaired) electrons. The maximum Gasteiger partial charge on any atom is 0.232 e. The molecule has 0 spiro atoms. The van der Waals surface area contributed by atoms with Crippen molar-refractivity contribution in [3.63, 3.8) is 0 Å². The van der Waals surface area contributed by atoms with Crippen LogP contribution in [-0.4, -0.2) is 60.0 Å². The molecule has 0 aliphatic carbocycles. The van der Waals surface area contributed by atoms with Crippen LogP contribution in [0.4, 0.5) is 5.82 Å². The fourth-order valence-electron chi connectivity index (χ4n) is 5.55. The van der Waals surface area contributed by atoms with Gasteiger partial charge in [-0.2, -0.15) is 5.10 Å². The van der Waals surface area contributed by atoms with Crippen molar-refractivity contribution >= 4 is 39.6 Å². The monoisotopic (exact) mass is 480 g/mol. The van der Waals surface area contributed by atoms with Crippen molar-refractivity contribution in [2.24, 2.45) is 5.73 Å². The molecule has 2 unspecified atom stereocenters. The third kappa shape index (κ3) is 3.28. The Morgan fingerprint density at radius 2 is 1.97 bits per heavy atom. The van der Waals surface area contributed by atoms with Gasteiger partial charge in [0.15, 0.2) is 5.82 Å². The van der Waals surface area contributed by atoms with Crippen molar-refractivity contribution in [3.05, 3.63) is 29.0 Å². The second kappa shape index (κ2) is 7.72. The maximum atomic E-state index is 10.2. The number of nitrogens with two attached hydrogens (primary N) is 1. The molecule has 2 saturated heterocycles. The van der Waals surface area contributed by atoms with E-state index in [0.717, 1.165) is 25.7 Å². The maximum absolute atomic E-state index is 10.2. The van der Waals surface area contributed by atoms with Crippen molar-refractivity contribution in [2.75, 3.05) is 12.0 Å². The van der Waals surface area contributed by atoms with Gasteiger partial charge in [0.25, 0.3) is 0 Å². The van der Waals surface area contributed by atoms with E-state index in [9.17, 15) is 5.11 Å². The number of anilines is 1. The van der Waals surface area contributed by atoms with Crippen LogP contribution in [0.2, 0.25) is 5.02 Å². The van der Waals surface area contributed by atoms with Crippen molar-refractivity contribution in [3.8, 4) is 17.1 Å². The first-order chi connectivity index (χ1) is 16.4. The summed E-state index contributed by atoms with van der Waals surface area (Å²) in [5.41, 5.74) is 10.3. The number of piperidine rings is 1. The zero-order chi connectivity index (χ0) is 23.6. The van der Waals surface area contributed by atoms with Gasteiger partial charge < -0.3 is 20.5 Å². The van der Waals surface area contributed by atoms with Crippen LogP contribution in [0.1, 0.15) is 38.3 Å². The Morgan fingerprint density at radius 1 is 1.21 bits per heavy atom. The van der Waals surface area contributed by atoms with Gasteiger partial charge in [-0.15, -0.1) is 0 Å². The number of H-pyrrole nitrogens is 1. The Labute approximate surface area is 200 Å². The van der Waals surface area contributed by atoms with Crippen LogP contribution in [0.25, 0.3) is 33.5 Å². The molecule has 2 bridgehead atoms. The zero-order valence-corrected chi connectivity index (χ0v) is 19.7. The molecule has 4 aromatic rings. The number of benzene rings is 1. The summed E-state index contributed by atoms with van der Waals surface area (Å²) in [6.07, 6.45) is 5.44. The number of halogens is 1. The first kappa shape index (κ1) is 21.5. The number of aliphatic hydroxyl groups is 1. The molecular formula is C23H25ClN8O2. The van der Waals surface area contributed by atoms with Crippen LogP contribution in [0.15, 0.2) is 18.3 Å². The predicted octanol–water partition coefficient (Wildman–Crippen LogP) is 2.97. The summed E-state index contributed by atoms with van der Waals surface area (Å²) < 4.78 is 5.20. The van der Waals surface area contributed by atoms with Crippen LogP contribution in [0, 0.1) is 0 Å². The molecule has 176 valence electrons. The fraction of sp³-hybridized carbons (Fsp3) is 0.435. The van der Waals surface area contributed by atoms with E-state index in [2.05, 4.69) is 32.0 Å². The molecular weight excluding hydrogens is 456 g/mol. The molecule has 2 aliphatic rings. The summed E-state index contributed by atoms with van der Waals surface area (Å²) in [7, 11) is 1.53. The highest BCUT2D eigenvalue weighted by atomic mass is 35.5. The molecule has 5 heterocycles. The molecule has 0 saturated carbocycles. The van der Waals surface area contributed by atoms with Crippen LogP contribution in [0.3, 0.4) is 0 Å². The predicted molar refractivity (Wildman–Crippen MR) is 129 cm³/mol. The second-order valence-corrected chi connectivity index (χ2v) is 9.86. The van der Waals surface area contributed by atoms with Gasteiger partial charge in [0.1, 0.15) is 16.7 Å². The van der Waals surface area contributed by atoms with Crippen LogP contribution in [-0.2, 0) is 6.61 Å². The molecule has 1 aromatic carbocycles. The minimum absolute atomic E-state index is 0.183. The third-order valence-electron chi connectivity index (χ3n) is 6.97. The summed E-state index contributed by atoms with van der Waals surface area (Å²) in [6, 6.07) is 4.25. The van der Waals surface area contributed by atoms with Gasteiger partial charge in [0, 0.05) is 23.2 Å². The number of hydrogen-bond donors (Lipinski definition) is 3. The summed E-state index contributed by atoms with van der Waals surface area (Å²) >= 11 is 6.74. The van der Waals surface area contributed by atoms with Crippen LogP contribution >= 0.6 is 11.6 Å². The van der Waals surface area contributed by atoms with E-state index in [1.54, 1.807) is 6.20 Å². The summed E-state index contributed by atoms with van der Waals surface area (Å²) in [5.74, 6) is 1.06. The molecule has 2 aliphatic heterocycles. The van der Waals surface area contributed by atoms with Gasteiger partial charge in [0.05, 0.1) is 36.1 Å². The van der Waals surface area contributed by atoms with Gasteiger partial charge in [-0.05, 0) is 44.7 Å². The number of fused-ring (bicyclic) bond motifs is 4. The summed E-state index contributed by atoms with van der Waals surface area (Å²) in [4.78, 5) is 20.7. The summed E-state index contributed by atoms with van der Waals surface area (Å²) in [5, 5.41) is 18.1. The van der Waals surface area contributed by atoms with Gasteiger partial charge in [-0.1, -0.05) is 11.6 Å². The third-order valence-corrected chi connectivity index (χ3v) is 7.35. The fourth-order valence-corrected chi connectivity index (χ4v) is 5.85. The van der Waals surface area contributed by atoms with E-state index in [1.165, 1.54) is 7.11 Å². The van der Waals surface area contributed by atoms with E-state index in [1.807, 2.05) is 12.1 Å². The molecule has 3 aromatic heterocycles. The number of aromatic amines is 1. The molecule has 6 rings (SSSR count). The number of aromatic nitrogens is 6. The normalized spacial score (nSPS) is 24.3. The second-order valence-electron chi connectivity index (χ2n) is 9.48. The molecule has 10 nitrogen and oxygen atoms in total. The first-order valence-electron chi connectivity index (χ1n) is 11.3. The van der Waals surface area contributed by atoms with Gasteiger partial charge in [0.2, 0.25) is 11.5 Å². The van der Waals surface area contributed by atoms with Gasteiger partial charge in [-0.25, -0.2) is 19.9 Å². The van der Waals surface area contributed by atoms with Crippen molar-refractivity contribution < 1.29 is 9.84 Å². The van der Waals surface area contributed by atoms with Crippen molar-refractivity contribution in [2.45, 2.75) is 56.8 Å². The number of ether oxygens (including phenoxy) is 1. The summed E-state index contributed by atoms with van der Waals surface area (Å²) in [6.45, 7) is 1.89. The number of nitrogens with zero attached hydrogens (tertiary/aromatic N) is 6. The molecule has 34 heavy (non-hydrogen) atoms. The molecule has 11 heteroatoms. The van der Waals surface area contributed by atoms with E-state index in [-0.39, 0.29) is 24.2 Å². The Hall–Kier alpha value is -3.08. The number of aliphatic hydroxyl groups excluding tert-OH is 1. The average molecular weight is 481 g/mol. The topological polar surface area (TPSA) is 139 Å². The Bertz CT molecular complexity index is 1410. The van der Waals surface area contributed by atoms with E-state index in [0.29, 0.717) is 55.9 Å². The van der Waals surface area contributed by atoms with Crippen molar-refractivity contribution in [1.29, 1.82) is 0 Å². The molecule has 2 fully saturated rings. The van der Waals surface area contributed by atoms with E-state index >= 15 is 0 Å². The number of rotatable bonds is 4. The lowest BCUT2D eigenvalue weighted by molar-refractivity contribution is 0.273. The molecule has 2 atom stereocenters. The first-order valence-corrected chi connectivity index (χ1v) is 11.7. The Morgan fingerprint density at radius 3 is 2.68 bits per heavy atom. The van der Waals surface area contributed by atoms with Gasteiger partial charge >= 0.3 is 0 Å². The standard InChI is InChI=1S/C23H25ClN8O2/c1-23(25)7-11-3-4-12(8-23)32(11)22-15(10-33)27-20-18(30-31-21(20)29-22)13-5-6-14-19(17(13)24)28-16(34-2)9-26-14/h5-6,9,11-12,33H,3-4,7-8,10,25H2,1-2H3,(H,29,30,31). The quantitative estimate of drug-likeness (QED) is 0.402. The lowest BCUT2D eigenvalue weighted by Crippen LogP contribution is -2.54. The van der Waals surface area contributed by atoms with Crippen LogP contribution in [0.5, 0.6) is 5.88 Å². The lowest BCUT2D eigenvalue weighted by Gasteiger charge is -2.44. The Kier molecular flexibility index (Phi) is 4.87. The number of methoxy groups -OCH3 is 1. The van der Waals surface area contributed by atoms with E-state index in [4.69, 9.17) is 32.0 Å². The molecule has 0 amide bonds. The van der Waals surface area contributed by atoms with Crippen LogP contribution < -0.4 is 15.4 Å². The van der Waals surface area contributed by atoms with E-state index < -0.39 is 0 Å². The highest BCUT2D eigenvalue weighted by molar-refractivity contribution is 6.38. The lowest BCUT2D eigenvalue weighted by atomic mass is 9.85. The minimum Gasteiger partial charge on any atom is -0.480 e. The largest absolute Gasteiger partial charge is 0.480 e. The number of hydrogen-bond acceptors (Lipinski definition) is 9. The SMILES string of the molecule is COc1cnc2ccc(-c3[nH]nc4nc(N5C6CCC5CC(C)(N)C6)c(CO)nc34)c(Cl)c2n1. The smallest absolute Gasteiger partial charge is 0.232 e. The zero-order valence-electron chi connectivity index (χ0n) is 18.9.